The van der Waals surface area contributed by atoms with Crippen molar-refractivity contribution in [3.05, 3.63) is 64.1 Å². The maximum Gasteiger partial charge on any atom is 0.243 e. The second-order valence-electron chi connectivity index (χ2n) is 7.62. The van der Waals surface area contributed by atoms with Gasteiger partial charge in [-0.05, 0) is 30.5 Å². The molecule has 0 aliphatic rings. The van der Waals surface area contributed by atoms with Crippen molar-refractivity contribution in [3.63, 3.8) is 0 Å². The minimum atomic E-state index is -4.17. The van der Waals surface area contributed by atoms with Crippen LogP contribution in [0.5, 0.6) is 0 Å². The van der Waals surface area contributed by atoms with Crippen LogP contribution >= 0.6 is 23.2 Å². The highest BCUT2D eigenvalue weighted by Gasteiger charge is 2.26. The van der Waals surface area contributed by atoms with E-state index in [1.165, 1.54) is 18.2 Å². The van der Waals surface area contributed by atoms with Gasteiger partial charge in [0.25, 0.3) is 0 Å². The summed E-state index contributed by atoms with van der Waals surface area (Å²) < 4.78 is 27.9. The predicted octanol–water partition coefficient (Wildman–Crippen LogP) is 0.401. The average Bonchev–Trinajstić information content (AvgIpc) is 2.78. The Morgan fingerprint density at radius 2 is 1.63 bits per heavy atom. The number of amides is 2. The van der Waals surface area contributed by atoms with Gasteiger partial charge in [0.2, 0.25) is 21.8 Å². The molecule has 11 nitrogen and oxygen atoms in total. The predicted molar refractivity (Wildman–Crippen MR) is 134 cm³/mol. The summed E-state index contributed by atoms with van der Waals surface area (Å²) in [6.45, 7) is 0. The summed E-state index contributed by atoms with van der Waals surface area (Å²) in [6, 6.07) is 11.0. The van der Waals surface area contributed by atoms with Gasteiger partial charge in [0.1, 0.15) is 10.9 Å². The second-order valence-corrected chi connectivity index (χ2v) is 10.1. The Labute approximate surface area is 213 Å². The molecule has 10 N–H and O–H groups in total. The van der Waals surface area contributed by atoms with Crippen molar-refractivity contribution in [2.45, 2.75) is 42.4 Å². The molecule has 0 spiro atoms. The molecular formula is C21H27Cl2N7O4S. The molecule has 0 radical (unpaired) electrons. The molecule has 0 aromatic heterocycles. The molecule has 2 rings (SSSR count). The van der Waals surface area contributed by atoms with E-state index in [1.54, 1.807) is 24.3 Å². The molecule has 2 aromatic rings. The molecule has 190 valence electrons. The van der Waals surface area contributed by atoms with Gasteiger partial charge in [-0.2, -0.15) is 4.72 Å². The SMILES string of the molecule is N=C(N)NC(CC[C@H](N)C(=O)N[C@@H](Cc1ccccc1)C(N)=O)NS(=O)(=O)c1cccc(Cl)c1Cl. The molecule has 2 aromatic carbocycles. The monoisotopic (exact) mass is 543 g/mol. The van der Waals surface area contributed by atoms with Crippen molar-refractivity contribution < 1.29 is 18.0 Å². The average molecular weight is 544 g/mol. The highest BCUT2D eigenvalue weighted by molar-refractivity contribution is 7.89. The van der Waals surface area contributed by atoms with Crippen LogP contribution in [-0.2, 0) is 26.0 Å². The first-order valence-electron chi connectivity index (χ1n) is 10.4. The zero-order valence-corrected chi connectivity index (χ0v) is 20.8. The van der Waals surface area contributed by atoms with E-state index in [4.69, 9.17) is 45.8 Å². The summed E-state index contributed by atoms with van der Waals surface area (Å²) in [4.78, 5) is 24.1. The van der Waals surface area contributed by atoms with Crippen molar-refractivity contribution in [3.8, 4) is 0 Å². The molecule has 0 fully saturated rings. The Kier molecular flexibility index (Phi) is 10.3. The van der Waals surface area contributed by atoms with Gasteiger partial charge in [-0.3, -0.25) is 15.0 Å². The molecule has 14 heteroatoms. The van der Waals surface area contributed by atoms with E-state index in [2.05, 4.69) is 15.4 Å². The number of benzene rings is 2. The third kappa shape index (κ3) is 8.67. The number of hydrogen-bond acceptors (Lipinski definition) is 6. The number of sulfonamides is 1. The highest BCUT2D eigenvalue weighted by atomic mass is 35.5. The fraction of sp³-hybridized carbons (Fsp3) is 0.286. The molecule has 0 saturated heterocycles. The topological polar surface area (TPSA) is 206 Å². The van der Waals surface area contributed by atoms with Crippen LogP contribution in [0.1, 0.15) is 18.4 Å². The number of nitrogens with one attached hydrogen (secondary N) is 4. The quantitative estimate of drug-likeness (QED) is 0.114. The largest absolute Gasteiger partial charge is 0.370 e. The minimum absolute atomic E-state index is 0.0284. The summed E-state index contributed by atoms with van der Waals surface area (Å²) in [5.41, 5.74) is 17.6. The summed E-state index contributed by atoms with van der Waals surface area (Å²) in [6.07, 6.45) is -0.975. The van der Waals surface area contributed by atoms with Crippen LogP contribution in [0.4, 0.5) is 0 Å². The number of primary amides is 1. The Morgan fingerprint density at radius 1 is 0.971 bits per heavy atom. The fourth-order valence-electron chi connectivity index (χ4n) is 3.12. The summed E-state index contributed by atoms with van der Waals surface area (Å²) in [7, 11) is -4.17. The minimum Gasteiger partial charge on any atom is -0.370 e. The van der Waals surface area contributed by atoms with E-state index in [0.29, 0.717) is 0 Å². The van der Waals surface area contributed by atoms with E-state index >= 15 is 0 Å². The lowest BCUT2D eigenvalue weighted by Crippen LogP contribution is -2.53. The molecule has 0 heterocycles. The number of halogens is 2. The first-order chi connectivity index (χ1) is 16.4. The molecule has 0 aliphatic carbocycles. The van der Waals surface area contributed by atoms with Crippen LogP contribution in [0.15, 0.2) is 53.4 Å². The number of rotatable bonds is 12. The molecule has 2 amide bonds. The number of hydrogen-bond donors (Lipinski definition) is 7. The maximum atomic E-state index is 12.8. The molecule has 3 atom stereocenters. The molecule has 0 bridgehead atoms. The first kappa shape index (κ1) is 28.3. The van der Waals surface area contributed by atoms with Gasteiger partial charge in [0, 0.05) is 6.42 Å². The maximum absolute atomic E-state index is 12.8. The van der Waals surface area contributed by atoms with E-state index in [-0.39, 0.29) is 34.2 Å². The van der Waals surface area contributed by atoms with E-state index in [9.17, 15) is 18.0 Å². The second kappa shape index (κ2) is 12.7. The Hall–Kier alpha value is -2.90. The lowest BCUT2D eigenvalue weighted by Gasteiger charge is -2.23. The standard InChI is InChI=1S/C21H27Cl2N7O4S/c22-13-7-4-8-16(18(13)23)35(33,34)30-17(29-21(26)27)10-9-14(24)20(32)28-15(19(25)31)11-12-5-2-1-3-6-12/h1-8,14-15,17,30H,9-11,24H2,(H2,25,31)(H,28,32)(H4,26,27,29)/t14-,15-,17?/m0/s1. The van der Waals surface area contributed by atoms with Crippen LogP contribution in [-0.4, -0.2) is 44.4 Å². The summed E-state index contributed by atoms with van der Waals surface area (Å²) >= 11 is 11.9. The summed E-state index contributed by atoms with van der Waals surface area (Å²) in [5.74, 6) is -1.88. The van der Waals surface area contributed by atoms with Gasteiger partial charge >= 0.3 is 0 Å². The van der Waals surface area contributed by atoms with Crippen LogP contribution in [0.2, 0.25) is 10.0 Å². The molecule has 0 saturated carbocycles. The van der Waals surface area contributed by atoms with E-state index in [1.807, 2.05) is 6.07 Å². The van der Waals surface area contributed by atoms with Crippen molar-refractivity contribution >= 4 is 51.0 Å². The van der Waals surface area contributed by atoms with Gasteiger partial charge in [-0.1, -0.05) is 59.6 Å². The smallest absolute Gasteiger partial charge is 0.243 e. The van der Waals surface area contributed by atoms with E-state index < -0.39 is 46.0 Å². The molecular weight excluding hydrogens is 517 g/mol. The van der Waals surface area contributed by atoms with Crippen molar-refractivity contribution in [2.24, 2.45) is 17.2 Å². The van der Waals surface area contributed by atoms with Gasteiger partial charge < -0.3 is 27.8 Å². The van der Waals surface area contributed by atoms with Crippen LogP contribution < -0.4 is 32.6 Å². The van der Waals surface area contributed by atoms with Gasteiger partial charge in [-0.15, -0.1) is 0 Å². The normalized spacial score (nSPS) is 13.9. The zero-order valence-electron chi connectivity index (χ0n) is 18.5. The molecule has 0 aliphatic heterocycles. The van der Waals surface area contributed by atoms with Crippen molar-refractivity contribution in [1.29, 1.82) is 5.41 Å². The number of guanidine groups is 1. The lowest BCUT2D eigenvalue weighted by atomic mass is 10.0. The lowest BCUT2D eigenvalue weighted by molar-refractivity contribution is -0.128. The zero-order chi connectivity index (χ0) is 26.2. The van der Waals surface area contributed by atoms with Crippen molar-refractivity contribution in [1.82, 2.24) is 15.4 Å². The van der Waals surface area contributed by atoms with Crippen molar-refractivity contribution in [2.75, 3.05) is 0 Å². The molecule has 35 heavy (non-hydrogen) atoms. The number of carbonyl (C=O) groups excluding carboxylic acids is 2. The Morgan fingerprint density at radius 3 is 2.23 bits per heavy atom. The first-order valence-corrected chi connectivity index (χ1v) is 12.6. The van der Waals surface area contributed by atoms with Crippen LogP contribution in [0.25, 0.3) is 0 Å². The Bertz CT molecular complexity index is 1170. The highest BCUT2D eigenvalue weighted by Crippen LogP contribution is 2.28. The van der Waals surface area contributed by atoms with Gasteiger partial charge in [-0.25, -0.2) is 8.42 Å². The fourth-order valence-corrected chi connectivity index (χ4v) is 5.06. The number of nitrogens with two attached hydrogens (primary N) is 3. The number of carbonyl (C=O) groups is 2. The third-order valence-electron chi connectivity index (χ3n) is 4.88. The molecule has 1 unspecified atom stereocenters. The van der Waals surface area contributed by atoms with Gasteiger partial charge in [0.15, 0.2) is 5.96 Å². The van der Waals surface area contributed by atoms with Crippen LogP contribution in [0.3, 0.4) is 0 Å². The van der Waals surface area contributed by atoms with E-state index in [0.717, 1.165) is 5.56 Å². The third-order valence-corrected chi connectivity index (χ3v) is 7.32. The van der Waals surface area contributed by atoms with Crippen LogP contribution in [0, 0.1) is 5.41 Å². The van der Waals surface area contributed by atoms with Gasteiger partial charge in [0.05, 0.1) is 22.3 Å². The summed E-state index contributed by atoms with van der Waals surface area (Å²) in [5, 5.41) is 12.3. The Balaban J connectivity index is 2.05.